The van der Waals surface area contributed by atoms with Gasteiger partial charge < -0.3 is 9.84 Å². The van der Waals surface area contributed by atoms with Gasteiger partial charge in [0, 0.05) is 0 Å². The number of carbonyl (C=O) groups is 1. The fraction of sp³-hybridized carbons (Fsp3) is 0.250. The van der Waals surface area contributed by atoms with Crippen LogP contribution in [0.1, 0.15) is 21.7 Å². The summed E-state index contributed by atoms with van der Waals surface area (Å²) >= 11 is 0. The maximum Gasteiger partial charge on any atom is 0.358 e. The molecule has 0 fully saturated rings. The van der Waals surface area contributed by atoms with E-state index < -0.39 is 5.97 Å². The third-order valence-corrected chi connectivity index (χ3v) is 2.66. The number of benzene rings is 1. The molecule has 18 heavy (non-hydrogen) atoms. The van der Waals surface area contributed by atoms with Gasteiger partial charge in [0.1, 0.15) is 11.4 Å². The van der Waals surface area contributed by atoms with E-state index in [4.69, 9.17) is 9.84 Å². The number of aromatic nitrogens is 3. The van der Waals surface area contributed by atoms with Gasteiger partial charge in [0.15, 0.2) is 5.69 Å². The molecule has 2 aromatic rings. The van der Waals surface area contributed by atoms with Crippen LogP contribution in [0.2, 0.25) is 0 Å². The van der Waals surface area contributed by atoms with Gasteiger partial charge in [-0.1, -0.05) is 11.3 Å². The first-order chi connectivity index (χ1) is 8.54. The van der Waals surface area contributed by atoms with Crippen LogP contribution in [0.25, 0.3) is 5.69 Å². The lowest BCUT2D eigenvalue weighted by Crippen LogP contribution is -2.04. The number of aromatic carboxylic acids is 1. The number of carboxylic acids is 1. The summed E-state index contributed by atoms with van der Waals surface area (Å²) in [5.74, 6) is -0.476. The van der Waals surface area contributed by atoms with Crippen molar-refractivity contribution in [2.45, 2.75) is 13.8 Å². The molecule has 0 aliphatic heterocycles. The predicted octanol–water partition coefficient (Wildman–Crippen LogP) is 1.59. The summed E-state index contributed by atoms with van der Waals surface area (Å²) in [4.78, 5) is 10.9. The largest absolute Gasteiger partial charge is 0.494 e. The van der Waals surface area contributed by atoms with Gasteiger partial charge in [-0.2, -0.15) is 0 Å². The molecule has 6 nitrogen and oxygen atoms in total. The van der Waals surface area contributed by atoms with Crippen LogP contribution in [0.4, 0.5) is 0 Å². The molecule has 0 saturated heterocycles. The summed E-state index contributed by atoms with van der Waals surface area (Å²) in [6, 6.07) is 5.59. The van der Waals surface area contributed by atoms with Crippen molar-refractivity contribution >= 4 is 5.97 Å². The third-order valence-electron chi connectivity index (χ3n) is 2.66. The standard InChI is InChI=1S/C12H13N3O3/c1-7-4-5-10(18-3)9(6-7)15-8(2)11(12(16)17)13-14-15/h4-6H,1-3H3,(H,16,17). The minimum Gasteiger partial charge on any atom is -0.494 e. The van der Waals surface area contributed by atoms with Crippen molar-refractivity contribution in [3.05, 3.63) is 35.2 Å². The molecule has 0 atom stereocenters. The summed E-state index contributed by atoms with van der Waals surface area (Å²) in [5, 5.41) is 16.5. The predicted molar refractivity (Wildman–Crippen MR) is 64.3 cm³/mol. The number of hydrogen-bond acceptors (Lipinski definition) is 4. The number of nitrogens with zero attached hydrogens (tertiary/aromatic N) is 3. The molecule has 1 aromatic heterocycles. The van der Waals surface area contributed by atoms with Crippen molar-refractivity contribution in [3.63, 3.8) is 0 Å². The second kappa shape index (κ2) is 4.48. The van der Waals surface area contributed by atoms with Crippen LogP contribution < -0.4 is 4.74 Å². The Morgan fingerprint density at radius 3 is 2.67 bits per heavy atom. The van der Waals surface area contributed by atoms with Gasteiger partial charge >= 0.3 is 5.97 Å². The molecule has 2 rings (SSSR count). The Morgan fingerprint density at radius 2 is 2.11 bits per heavy atom. The molecule has 0 spiro atoms. The highest BCUT2D eigenvalue weighted by Gasteiger charge is 2.18. The molecule has 0 saturated carbocycles. The maximum atomic E-state index is 10.9. The maximum absolute atomic E-state index is 10.9. The highest BCUT2D eigenvalue weighted by atomic mass is 16.5. The third kappa shape index (κ3) is 1.92. The van der Waals surface area contributed by atoms with Crippen LogP contribution in [0, 0.1) is 13.8 Å². The van der Waals surface area contributed by atoms with Crippen LogP contribution in [0.5, 0.6) is 5.75 Å². The molecular formula is C12H13N3O3. The minimum absolute atomic E-state index is 0.0569. The van der Waals surface area contributed by atoms with E-state index in [0.717, 1.165) is 5.56 Å². The zero-order valence-electron chi connectivity index (χ0n) is 10.3. The van der Waals surface area contributed by atoms with E-state index in [1.807, 2.05) is 25.1 Å². The molecule has 0 radical (unpaired) electrons. The fourth-order valence-corrected chi connectivity index (χ4v) is 1.72. The Bertz CT molecular complexity index is 605. The highest BCUT2D eigenvalue weighted by Crippen LogP contribution is 2.24. The Kier molecular flexibility index (Phi) is 3.01. The Balaban J connectivity index is 2.61. The molecule has 0 bridgehead atoms. The van der Waals surface area contributed by atoms with Gasteiger partial charge in [0.2, 0.25) is 0 Å². The van der Waals surface area contributed by atoms with Crippen molar-refractivity contribution < 1.29 is 14.6 Å². The van der Waals surface area contributed by atoms with Crippen molar-refractivity contribution in [3.8, 4) is 11.4 Å². The van der Waals surface area contributed by atoms with Crippen molar-refractivity contribution in [2.75, 3.05) is 7.11 Å². The van der Waals surface area contributed by atoms with E-state index in [-0.39, 0.29) is 5.69 Å². The average molecular weight is 247 g/mol. The number of carboxylic acid groups (broad SMARTS) is 1. The van der Waals surface area contributed by atoms with Crippen LogP contribution in [-0.2, 0) is 0 Å². The number of hydrogen-bond donors (Lipinski definition) is 1. The minimum atomic E-state index is -1.09. The summed E-state index contributed by atoms with van der Waals surface area (Å²) in [7, 11) is 1.55. The Morgan fingerprint density at radius 1 is 1.39 bits per heavy atom. The molecule has 6 heteroatoms. The molecule has 94 valence electrons. The molecule has 1 aromatic carbocycles. The van der Waals surface area contributed by atoms with E-state index in [1.54, 1.807) is 14.0 Å². The molecule has 0 aliphatic carbocycles. The summed E-state index contributed by atoms with van der Waals surface area (Å²) in [6.07, 6.45) is 0. The normalized spacial score (nSPS) is 10.4. The van der Waals surface area contributed by atoms with E-state index in [9.17, 15) is 4.79 Å². The number of aryl methyl sites for hydroxylation is 1. The van der Waals surface area contributed by atoms with Gasteiger partial charge in [-0.05, 0) is 31.5 Å². The van der Waals surface area contributed by atoms with Crippen LogP contribution in [0.3, 0.4) is 0 Å². The number of methoxy groups -OCH3 is 1. The molecule has 1 N–H and O–H groups in total. The second-order valence-electron chi connectivity index (χ2n) is 3.92. The van der Waals surface area contributed by atoms with Crippen molar-refractivity contribution in [1.29, 1.82) is 0 Å². The Labute approximate surface area is 104 Å². The average Bonchev–Trinajstić information content (AvgIpc) is 2.71. The monoisotopic (exact) mass is 247 g/mol. The van der Waals surface area contributed by atoms with Gasteiger partial charge in [-0.15, -0.1) is 5.10 Å². The first kappa shape index (κ1) is 12.1. The molecule has 0 aliphatic rings. The van der Waals surface area contributed by atoms with Gasteiger partial charge in [-0.25, -0.2) is 9.48 Å². The number of ether oxygens (including phenoxy) is 1. The van der Waals surface area contributed by atoms with E-state index >= 15 is 0 Å². The first-order valence-corrected chi connectivity index (χ1v) is 5.35. The topological polar surface area (TPSA) is 77.2 Å². The van der Waals surface area contributed by atoms with Gasteiger partial charge in [0.05, 0.1) is 12.8 Å². The molecule has 1 heterocycles. The van der Waals surface area contributed by atoms with Crippen molar-refractivity contribution in [1.82, 2.24) is 15.0 Å². The van der Waals surface area contributed by atoms with E-state index in [0.29, 0.717) is 17.1 Å². The SMILES string of the molecule is COc1ccc(C)cc1-n1nnc(C(=O)O)c1C. The molecular weight excluding hydrogens is 234 g/mol. The lowest BCUT2D eigenvalue weighted by molar-refractivity contribution is 0.0689. The quantitative estimate of drug-likeness (QED) is 0.891. The van der Waals surface area contributed by atoms with Crippen molar-refractivity contribution in [2.24, 2.45) is 0 Å². The van der Waals surface area contributed by atoms with E-state index in [2.05, 4.69) is 10.3 Å². The van der Waals surface area contributed by atoms with E-state index in [1.165, 1.54) is 4.68 Å². The number of rotatable bonds is 3. The molecule has 0 amide bonds. The highest BCUT2D eigenvalue weighted by molar-refractivity contribution is 5.86. The second-order valence-corrected chi connectivity index (χ2v) is 3.92. The summed E-state index contributed by atoms with van der Waals surface area (Å²) < 4.78 is 6.71. The van der Waals surface area contributed by atoms with Crippen LogP contribution in [0.15, 0.2) is 18.2 Å². The zero-order valence-corrected chi connectivity index (χ0v) is 10.3. The Hall–Kier alpha value is -2.37. The lowest BCUT2D eigenvalue weighted by atomic mass is 10.2. The smallest absolute Gasteiger partial charge is 0.358 e. The van der Waals surface area contributed by atoms with Gasteiger partial charge in [0.25, 0.3) is 0 Å². The zero-order chi connectivity index (χ0) is 13.3. The molecule has 0 unspecified atom stereocenters. The summed E-state index contributed by atoms with van der Waals surface area (Å²) in [5.41, 5.74) is 2.11. The first-order valence-electron chi connectivity index (χ1n) is 5.35. The van der Waals surface area contributed by atoms with Gasteiger partial charge in [-0.3, -0.25) is 0 Å². The van der Waals surface area contributed by atoms with Crippen LogP contribution in [-0.4, -0.2) is 33.2 Å². The lowest BCUT2D eigenvalue weighted by Gasteiger charge is -2.10. The fourth-order valence-electron chi connectivity index (χ4n) is 1.72. The van der Waals surface area contributed by atoms with Crippen LogP contribution >= 0.6 is 0 Å². The summed E-state index contributed by atoms with van der Waals surface area (Å²) in [6.45, 7) is 3.60.